The van der Waals surface area contributed by atoms with Gasteiger partial charge in [-0.3, -0.25) is 14.4 Å². The van der Waals surface area contributed by atoms with Crippen LogP contribution in [0.4, 0.5) is 5.69 Å². The number of nitrogens with one attached hydrogen (secondary N) is 1. The third-order valence-electron chi connectivity index (χ3n) is 16.9. The lowest BCUT2D eigenvalue weighted by Gasteiger charge is -2.21. The molecule has 0 saturated heterocycles. The van der Waals surface area contributed by atoms with E-state index in [1.54, 1.807) is 0 Å². The molecule has 466 valence electrons. The van der Waals surface area contributed by atoms with Crippen LogP contribution >= 0.6 is 0 Å². The van der Waals surface area contributed by atoms with E-state index in [4.69, 9.17) is 9.47 Å². The molecule has 0 spiro atoms. The highest BCUT2D eigenvalue weighted by Crippen LogP contribution is 2.25. The molecule has 0 radical (unpaired) electrons. The number of anilines is 1. The van der Waals surface area contributed by atoms with Gasteiger partial charge in [0.05, 0.1) is 23.5 Å². The minimum atomic E-state index is -0.515. The van der Waals surface area contributed by atoms with Crippen LogP contribution in [0.2, 0.25) is 0 Å². The van der Waals surface area contributed by atoms with Gasteiger partial charge >= 0.3 is 11.9 Å². The van der Waals surface area contributed by atoms with Crippen LogP contribution < -0.4 is 5.32 Å². The van der Waals surface area contributed by atoms with Crippen LogP contribution in [-0.4, -0.2) is 42.3 Å². The van der Waals surface area contributed by atoms with Crippen LogP contribution in [0, 0.1) is 16.2 Å². The fraction of sp³-hybridized carbons (Fsp3) is 0.875. The predicted octanol–water partition coefficient (Wildman–Crippen LogP) is 23.0. The Balaban J connectivity index is 0. The first-order valence-electron chi connectivity index (χ1n) is 34.4. The average molecular weight is 1110 g/mol. The minimum Gasteiger partial charge on any atom is -0.465 e. The maximum atomic E-state index is 12.2. The summed E-state index contributed by atoms with van der Waals surface area (Å²) in [6.07, 6.45) is 58.2. The number of benzene rings is 1. The SMILES string of the molecule is CCCCCCCCCCCCCCCCC(O)COC(=O)C(C)(C)CC.CCCCCCCCCCCCCCCCCCOC(=O)C(C)(C)CC.CCCCCCCCCCCCc1ccc(NC(=O)C(C)(C)CC)cc1. The summed E-state index contributed by atoms with van der Waals surface area (Å²) in [5.41, 5.74) is 1.19. The molecule has 1 amide bonds. The van der Waals surface area contributed by atoms with Crippen LogP contribution in [0.5, 0.6) is 0 Å². The molecule has 1 aromatic carbocycles. The molecule has 0 saturated carbocycles. The Morgan fingerprint density at radius 1 is 0.392 bits per heavy atom. The van der Waals surface area contributed by atoms with Gasteiger partial charge < -0.3 is 19.9 Å². The van der Waals surface area contributed by atoms with Crippen molar-refractivity contribution in [3.8, 4) is 0 Å². The van der Waals surface area contributed by atoms with Crippen molar-refractivity contribution < 1.29 is 29.0 Å². The van der Waals surface area contributed by atoms with Crippen LogP contribution in [-0.2, 0) is 30.3 Å². The molecule has 1 unspecified atom stereocenters. The van der Waals surface area contributed by atoms with E-state index in [2.05, 4.69) is 45.1 Å². The third kappa shape index (κ3) is 49.9. The summed E-state index contributed by atoms with van der Waals surface area (Å²) in [4.78, 5) is 35.9. The number of unbranched alkanes of at least 4 members (excludes halogenated alkanes) is 37. The fourth-order valence-corrected chi connectivity index (χ4v) is 9.36. The van der Waals surface area contributed by atoms with E-state index in [-0.39, 0.29) is 35.3 Å². The molecule has 0 fully saturated rings. The second-order valence-electron chi connectivity index (χ2n) is 25.9. The number of carbonyl (C=O) groups excluding carboxylic acids is 3. The van der Waals surface area contributed by atoms with Crippen LogP contribution in [0.25, 0.3) is 0 Å². The highest BCUT2D eigenvalue weighted by atomic mass is 16.5. The summed E-state index contributed by atoms with van der Waals surface area (Å²) in [7, 11) is 0. The van der Waals surface area contributed by atoms with Crippen molar-refractivity contribution in [2.75, 3.05) is 18.5 Å². The zero-order chi connectivity index (χ0) is 59.1. The summed E-state index contributed by atoms with van der Waals surface area (Å²) in [5.74, 6) is -0.145. The first kappa shape index (κ1) is 78.7. The van der Waals surface area contributed by atoms with Gasteiger partial charge in [-0.1, -0.05) is 312 Å². The van der Waals surface area contributed by atoms with Crippen LogP contribution in [0.3, 0.4) is 0 Å². The number of aliphatic hydroxyl groups excluding tert-OH is 1. The lowest BCUT2D eigenvalue weighted by molar-refractivity contribution is -0.157. The molecular weight excluding hydrogens is 975 g/mol. The average Bonchev–Trinajstić information content (AvgIpc) is 3.44. The van der Waals surface area contributed by atoms with Gasteiger partial charge in [0, 0.05) is 11.1 Å². The maximum Gasteiger partial charge on any atom is 0.311 e. The smallest absolute Gasteiger partial charge is 0.311 e. The molecule has 7 nitrogen and oxygen atoms in total. The van der Waals surface area contributed by atoms with Gasteiger partial charge in [0.1, 0.15) is 6.61 Å². The summed E-state index contributed by atoms with van der Waals surface area (Å²) in [6.45, 7) is 25.3. The van der Waals surface area contributed by atoms with Gasteiger partial charge in [-0.15, -0.1) is 0 Å². The second kappa shape index (κ2) is 54.8. The highest BCUT2D eigenvalue weighted by Gasteiger charge is 2.28. The van der Waals surface area contributed by atoms with Gasteiger partial charge in [-0.25, -0.2) is 0 Å². The lowest BCUT2D eigenvalue weighted by atomic mass is 9.89. The molecule has 7 heteroatoms. The molecular formula is C72H137NO6. The van der Waals surface area contributed by atoms with Crippen molar-refractivity contribution in [1.82, 2.24) is 0 Å². The second-order valence-corrected chi connectivity index (χ2v) is 25.9. The first-order chi connectivity index (χ1) is 38.0. The zero-order valence-corrected chi connectivity index (χ0v) is 55.1. The van der Waals surface area contributed by atoms with Crippen molar-refractivity contribution in [2.45, 2.75) is 378 Å². The number of rotatable bonds is 52. The number of hydrogen-bond donors (Lipinski definition) is 2. The molecule has 1 aromatic rings. The maximum absolute atomic E-state index is 12.2. The monoisotopic (exact) mass is 1110 g/mol. The molecule has 0 aliphatic heterocycles. The molecule has 0 aromatic heterocycles. The van der Waals surface area contributed by atoms with Crippen molar-refractivity contribution in [2.24, 2.45) is 16.2 Å². The predicted molar refractivity (Wildman–Crippen MR) is 345 cm³/mol. The molecule has 0 aliphatic rings. The molecule has 0 aliphatic carbocycles. The summed E-state index contributed by atoms with van der Waals surface area (Å²) < 4.78 is 10.6. The zero-order valence-electron chi connectivity index (χ0n) is 55.1. The highest BCUT2D eigenvalue weighted by molar-refractivity contribution is 5.94. The van der Waals surface area contributed by atoms with Gasteiger partial charge in [0.25, 0.3) is 0 Å². The van der Waals surface area contributed by atoms with Crippen molar-refractivity contribution in [1.29, 1.82) is 0 Å². The molecule has 1 rings (SSSR count). The number of ether oxygens (including phenoxy) is 2. The van der Waals surface area contributed by atoms with Gasteiger partial charge in [0.15, 0.2) is 0 Å². The Labute approximate surface area is 493 Å². The van der Waals surface area contributed by atoms with E-state index in [9.17, 15) is 19.5 Å². The van der Waals surface area contributed by atoms with Gasteiger partial charge in [-0.05, 0) is 90.3 Å². The van der Waals surface area contributed by atoms with E-state index < -0.39 is 11.5 Å². The number of carbonyl (C=O) groups is 3. The Kier molecular flexibility index (Phi) is 54.6. The Hall–Kier alpha value is -2.41. The van der Waals surface area contributed by atoms with E-state index >= 15 is 0 Å². The van der Waals surface area contributed by atoms with E-state index in [0.29, 0.717) is 6.61 Å². The fourth-order valence-electron chi connectivity index (χ4n) is 9.36. The summed E-state index contributed by atoms with van der Waals surface area (Å²) >= 11 is 0. The summed E-state index contributed by atoms with van der Waals surface area (Å²) in [5, 5.41) is 13.0. The van der Waals surface area contributed by atoms with Crippen LogP contribution in [0.15, 0.2) is 24.3 Å². The number of esters is 2. The van der Waals surface area contributed by atoms with Crippen molar-refractivity contribution >= 4 is 23.5 Å². The molecule has 79 heavy (non-hydrogen) atoms. The quantitative estimate of drug-likeness (QED) is 0.0498. The molecule has 1 atom stereocenters. The Bertz CT molecular complexity index is 1490. The van der Waals surface area contributed by atoms with Gasteiger partial charge in [0.2, 0.25) is 5.91 Å². The standard InChI is InChI=1S/C24H41NO.C24H48O3.C24H48O2/c1-5-7-8-9-10-11-12-13-14-15-16-21-17-19-22(20-18-21)25-23(26)24(3,4)6-2;1-5-7-8-9-10-11-12-13-14-15-16-17-18-19-20-22(25)21-27-23(26)24(3,4)6-2;1-5-7-8-9-10-11-12-13-14-15-16-17-18-19-20-21-22-26-23(25)24(3,4)6-2/h17-20H,5-16H2,1-4H3,(H,25,26);22,25H,5-21H2,1-4H3;5-22H2,1-4H3. The first-order valence-corrected chi connectivity index (χ1v) is 34.4. The largest absolute Gasteiger partial charge is 0.465 e. The number of amides is 1. The summed E-state index contributed by atoms with van der Waals surface area (Å²) in [6, 6.07) is 8.38. The van der Waals surface area contributed by atoms with E-state index in [1.165, 1.54) is 250 Å². The lowest BCUT2D eigenvalue weighted by Crippen LogP contribution is -2.29. The minimum absolute atomic E-state index is 0.0408. The third-order valence-corrected chi connectivity index (χ3v) is 16.9. The number of hydrogen-bond acceptors (Lipinski definition) is 6. The Morgan fingerprint density at radius 2 is 0.684 bits per heavy atom. The van der Waals surface area contributed by atoms with Crippen molar-refractivity contribution in [3.05, 3.63) is 29.8 Å². The van der Waals surface area contributed by atoms with E-state index in [1.807, 2.05) is 67.5 Å². The van der Waals surface area contributed by atoms with Crippen LogP contribution in [0.1, 0.15) is 371 Å². The van der Waals surface area contributed by atoms with Crippen molar-refractivity contribution in [3.63, 3.8) is 0 Å². The molecule has 0 heterocycles. The number of aliphatic hydroxyl groups is 1. The normalized spacial score (nSPS) is 12.1. The topological polar surface area (TPSA) is 102 Å². The number of aryl methyl sites for hydroxylation is 1. The molecule has 0 bridgehead atoms. The van der Waals surface area contributed by atoms with E-state index in [0.717, 1.165) is 50.6 Å². The molecule has 2 N–H and O–H groups in total. The van der Waals surface area contributed by atoms with Gasteiger partial charge in [-0.2, -0.15) is 0 Å². The Morgan fingerprint density at radius 3 is 1.01 bits per heavy atom.